The van der Waals surface area contributed by atoms with E-state index >= 15 is 0 Å². The molecular formula is C19H19ClN4O4S. The normalized spacial score (nSPS) is 11.4. The van der Waals surface area contributed by atoms with Gasteiger partial charge < -0.3 is 9.84 Å². The molecule has 0 aliphatic heterocycles. The number of benzene rings is 2. The van der Waals surface area contributed by atoms with Crippen LogP contribution in [0, 0.1) is 0 Å². The average molecular weight is 435 g/mol. The minimum Gasteiger partial charge on any atom is -0.339 e. The predicted octanol–water partition coefficient (Wildman–Crippen LogP) is 3.26. The maximum Gasteiger partial charge on any atom is 0.240 e. The van der Waals surface area contributed by atoms with Crippen LogP contribution in [0.25, 0.3) is 11.4 Å². The van der Waals surface area contributed by atoms with Crippen LogP contribution < -0.4 is 10.0 Å². The number of halogens is 1. The highest BCUT2D eigenvalue weighted by Crippen LogP contribution is 2.19. The summed E-state index contributed by atoms with van der Waals surface area (Å²) in [6, 6.07) is 13.0. The van der Waals surface area contributed by atoms with Crippen LogP contribution >= 0.6 is 11.6 Å². The number of carbonyl (C=O) groups is 1. The fraction of sp³-hybridized carbons (Fsp3) is 0.211. The van der Waals surface area contributed by atoms with Crippen LogP contribution in [0.1, 0.15) is 18.7 Å². The molecule has 0 aliphatic rings. The van der Waals surface area contributed by atoms with Crippen molar-refractivity contribution in [3.05, 3.63) is 59.4 Å². The number of aryl methyl sites for hydroxylation is 1. The molecule has 0 radical (unpaired) electrons. The number of amides is 1. The summed E-state index contributed by atoms with van der Waals surface area (Å²) in [5, 5.41) is 7.29. The summed E-state index contributed by atoms with van der Waals surface area (Å²) in [5.41, 5.74) is 1.32. The van der Waals surface area contributed by atoms with Gasteiger partial charge in [0.05, 0.1) is 4.90 Å². The van der Waals surface area contributed by atoms with Crippen LogP contribution in [0.3, 0.4) is 0 Å². The van der Waals surface area contributed by atoms with E-state index in [4.69, 9.17) is 16.1 Å². The molecule has 0 aliphatic carbocycles. The third-order valence-electron chi connectivity index (χ3n) is 4.08. The van der Waals surface area contributed by atoms with E-state index in [-0.39, 0.29) is 17.2 Å². The molecule has 0 saturated heterocycles. The van der Waals surface area contributed by atoms with Gasteiger partial charge in [0.1, 0.15) is 0 Å². The van der Waals surface area contributed by atoms with Gasteiger partial charge in [-0.2, -0.15) is 4.98 Å². The van der Waals surface area contributed by atoms with E-state index in [0.717, 1.165) is 5.56 Å². The molecule has 1 aromatic heterocycles. The molecule has 2 N–H and O–H groups in total. The van der Waals surface area contributed by atoms with Crippen LogP contribution in [0.15, 0.2) is 57.9 Å². The van der Waals surface area contributed by atoms with Gasteiger partial charge >= 0.3 is 0 Å². The molecule has 152 valence electrons. The first-order chi connectivity index (χ1) is 13.9. The molecule has 0 unspecified atom stereocenters. The van der Waals surface area contributed by atoms with E-state index in [9.17, 15) is 13.2 Å². The highest BCUT2D eigenvalue weighted by Gasteiger charge is 2.12. The molecule has 3 aromatic rings. The Balaban J connectivity index is 1.48. The zero-order valence-corrected chi connectivity index (χ0v) is 17.1. The number of nitrogens with zero attached hydrogens (tertiary/aromatic N) is 2. The fourth-order valence-corrected chi connectivity index (χ4v) is 3.39. The molecule has 0 bridgehead atoms. The number of hydrogen-bond acceptors (Lipinski definition) is 6. The van der Waals surface area contributed by atoms with Crippen molar-refractivity contribution in [2.24, 2.45) is 0 Å². The lowest BCUT2D eigenvalue weighted by molar-refractivity contribution is -0.116. The number of sulfonamides is 1. The summed E-state index contributed by atoms with van der Waals surface area (Å²) in [6.45, 7) is 0. The summed E-state index contributed by atoms with van der Waals surface area (Å²) in [4.78, 5) is 16.5. The number of hydrogen-bond donors (Lipinski definition) is 2. The molecular weight excluding hydrogens is 416 g/mol. The predicted molar refractivity (Wildman–Crippen MR) is 109 cm³/mol. The molecule has 0 atom stereocenters. The summed E-state index contributed by atoms with van der Waals surface area (Å²) in [7, 11) is -2.16. The van der Waals surface area contributed by atoms with Gasteiger partial charge in [-0.25, -0.2) is 13.1 Å². The number of anilines is 1. The van der Waals surface area contributed by atoms with Crippen LogP contribution in [0.5, 0.6) is 0 Å². The Morgan fingerprint density at radius 2 is 1.79 bits per heavy atom. The maximum absolute atomic E-state index is 12.1. The van der Waals surface area contributed by atoms with Gasteiger partial charge in [0.15, 0.2) is 0 Å². The molecule has 0 spiro atoms. The molecule has 0 fully saturated rings. The quantitative estimate of drug-likeness (QED) is 0.562. The molecule has 2 aromatic carbocycles. The molecule has 1 heterocycles. The number of nitrogens with one attached hydrogen (secondary N) is 2. The van der Waals surface area contributed by atoms with Crippen LogP contribution in [0.4, 0.5) is 5.69 Å². The van der Waals surface area contributed by atoms with Crippen LogP contribution in [-0.2, 0) is 21.2 Å². The monoisotopic (exact) mass is 434 g/mol. The highest BCUT2D eigenvalue weighted by atomic mass is 35.5. The number of carbonyl (C=O) groups excluding carboxylic acids is 1. The standard InChI is InChI=1S/C19H19ClN4O4S/c1-21-29(26,27)16-11-9-15(10-12-16)22-17(25)3-2-4-18-23-19(24-28-18)13-5-7-14(20)8-6-13/h5-12,21H,2-4H2,1H3,(H,22,25). The first kappa shape index (κ1) is 21.0. The third kappa shape index (κ3) is 5.63. The molecule has 10 heteroatoms. The Labute approximate surface area is 173 Å². The summed E-state index contributed by atoms with van der Waals surface area (Å²) >= 11 is 5.86. The lowest BCUT2D eigenvalue weighted by atomic mass is 10.2. The number of aromatic nitrogens is 2. The van der Waals surface area contributed by atoms with Gasteiger partial charge in [-0.05, 0) is 62.0 Å². The molecule has 1 amide bonds. The minimum absolute atomic E-state index is 0.130. The van der Waals surface area contributed by atoms with E-state index in [0.29, 0.717) is 35.3 Å². The van der Waals surface area contributed by atoms with Gasteiger partial charge in [-0.3, -0.25) is 4.79 Å². The maximum atomic E-state index is 12.1. The Morgan fingerprint density at radius 3 is 2.45 bits per heavy atom. The zero-order chi connectivity index (χ0) is 20.9. The van der Waals surface area contributed by atoms with Crippen molar-refractivity contribution in [1.82, 2.24) is 14.9 Å². The Morgan fingerprint density at radius 1 is 1.10 bits per heavy atom. The molecule has 8 nitrogen and oxygen atoms in total. The second kappa shape index (κ2) is 9.17. The van der Waals surface area contributed by atoms with Gasteiger partial charge in [-0.15, -0.1) is 0 Å². The van der Waals surface area contributed by atoms with Crippen LogP contribution in [0.2, 0.25) is 5.02 Å². The SMILES string of the molecule is CNS(=O)(=O)c1ccc(NC(=O)CCCc2nc(-c3ccc(Cl)cc3)no2)cc1. The Hall–Kier alpha value is -2.75. The molecule has 0 saturated carbocycles. The van der Waals surface area contributed by atoms with E-state index in [1.165, 1.54) is 19.2 Å². The first-order valence-corrected chi connectivity index (χ1v) is 10.7. The molecule has 29 heavy (non-hydrogen) atoms. The topological polar surface area (TPSA) is 114 Å². The smallest absolute Gasteiger partial charge is 0.240 e. The van der Waals surface area contributed by atoms with Crippen molar-refractivity contribution < 1.29 is 17.7 Å². The van der Waals surface area contributed by atoms with Gasteiger partial charge in [0.25, 0.3) is 0 Å². The van der Waals surface area contributed by atoms with E-state index in [2.05, 4.69) is 20.2 Å². The second-order valence-electron chi connectivity index (χ2n) is 6.15. The first-order valence-electron chi connectivity index (χ1n) is 8.79. The van der Waals surface area contributed by atoms with E-state index in [1.807, 2.05) is 0 Å². The minimum atomic E-state index is -3.50. The lowest BCUT2D eigenvalue weighted by Crippen LogP contribution is -2.18. The average Bonchev–Trinajstić information content (AvgIpc) is 3.18. The summed E-state index contributed by atoms with van der Waals surface area (Å²) in [6.07, 6.45) is 1.25. The van der Waals surface area contributed by atoms with Crippen molar-refractivity contribution in [3.63, 3.8) is 0 Å². The summed E-state index contributed by atoms with van der Waals surface area (Å²) in [5.74, 6) is 0.730. The Kier molecular flexibility index (Phi) is 6.63. The summed E-state index contributed by atoms with van der Waals surface area (Å²) < 4.78 is 30.8. The largest absolute Gasteiger partial charge is 0.339 e. The Bertz CT molecular complexity index is 1080. The third-order valence-corrected chi connectivity index (χ3v) is 5.76. The van der Waals surface area contributed by atoms with Gasteiger partial charge in [-0.1, -0.05) is 16.8 Å². The lowest BCUT2D eigenvalue weighted by Gasteiger charge is -2.06. The fourth-order valence-electron chi connectivity index (χ4n) is 2.53. The van der Waals surface area contributed by atoms with E-state index in [1.54, 1.807) is 36.4 Å². The van der Waals surface area contributed by atoms with E-state index < -0.39 is 10.0 Å². The highest BCUT2D eigenvalue weighted by molar-refractivity contribution is 7.89. The van der Waals surface area contributed by atoms with Crippen molar-refractivity contribution in [3.8, 4) is 11.4 Å². The van der Waals surface area contributed by atoms with Crippen molar-refractivity contribution in [2.75, 3.05) is 12.4 Å². The van der Waals surface area contributed by atoms with Crippen molar-refractivity contribution in [1.29, 1.82) is 0 Å². The number of rotatable bonds is 8. The second-order valence-corrected chi connectivity index (χ2v) is 8.48. The van der Waals surface area contributed by atoms with Crippen LogP contribution in [-0.4, -0.2) is 31.5 Å². The van der Waals surface area contributed by atoms with Gasteiger partial charge in [0.2, 0.25) is 27.6 Å². The van der Waals surface area contributed by atoms with Crippen molar-refractivity contribution >= 4 is 33.2 Å². The zero-order valence-electron chi connectivity index (χ0n) is 15.6. The van der Waals surface area contributed by atoms with Gasteiger partial charge in [0, 0.05) is 29.1 Å². The van der Waals surface area contributed by atoms with Crippen molar-refractivity contribution in [2.45, 2.75) is 24.2 Å². The molecule has 3 rings (SSSR count).